The van der Waals surface area contributed by atoms with Crippen LogP contribution in [0.3, 0.4) is 0 Å². The number of unbranched alkanes of at least 4 members (excludes halogenated alkanes) is 1. The minimum Gasteiger partial charge on any atom is -0.0654 e. The first-order valence-corrected chi connectivity index (χ1v) is 6.00. The Morgan fingerprint density at radius 1 is 1.27 bits per heavy atom. The van der Waals surface area contributed by atoms with Crippen LogP contribution in [0.15, 0.2) is 0 Å². The van der Waals surface area contributed by atoms with Gasteiger partial charge in [0.2, 0.25) is 0 Å². The van der Waals surface area contributed by atoms with E-state index < -0.39 is 0 Å². The summed E-state index contributed by atoms with van der Waals surface area (Å²) >= 11 is 0. The molecule has 0 aromatic heterocycles. The van der Waals surface area contributed by atoms with Crippen LogP contribution in [0, 0.1) is 5.41 Å². The number of rotatable bonds is 4. The summed E-state index contributed by atoms with van der Waals surface area (Å²) < 4.78 is 0. The van der Waals surface area contributed by atoms with E-state index in [1.165, 1.54) is 18.9 Å². The summed E-state index contributed by atoms with van der Waals surface area (Å²) in [7, 11) is 1.16. The smallest absolute Gasteiger partial charge is 0.0415 e. The third-order valence-electron chi connectivity index (χ3n) is 2.28. The molecule has 11 heavy (non-hydrogen) atoms. The van der Waals surface area contributed by atoms with Crippen molar-refractivity contribution in [2.75, 3.05) is 0 Å². The number of hydrogen-bond acceptors (Lipinski definition) is 0. The average Bonchev–Trinajstić information content (AvgIpc) is 1.86. The summed E-state index contributed by atoms with van der Waals surface area (Å²) in [5.74, 6) is 0. The molecule has 0 N–H and O–H groups in total. The lowest BCUT2D eigenvalue weighted by Gasteiger charge is -2.26. The predicted molar refractivity (Wildman–Crippen MR) is 54.3 cm³/mol. The Morgan fingerprint density at radius 3 is 2.18 bits per heavy atom. The average molecular weight is 170 g/mol. The van der Waals surface area contributed by atoms with Crippen LogP contribution >= 0.6 is 0 Å². The molecule has 0 amide bonds. The molecule has 0 spiro atoms. The van der Waals surface area contributed by atoms with Crippen molar-refractivity contribution in [3.63, 3.8) is 0 Å². The monoisotopic (exact) mass is 170 g/mol. The molecule has 0 rings (SSSR count). The van der Waals surface area contributed by atoms with Crippen LogP contribution in [-0.2, 0) is 0 Å². The summed E-state index contributed by atoms with van der Waals surface area (Å²) in [5.41, 5.74) is 1.42. The van der Waals surface area contributed by atoms with E-state index in [2.05, 4.69) is 34.6 Å². The third kappa shape index (κ3) is 5.48. The quantitative estimate of drug-likeness (QED) is 0.445. The maximum atomic E-state index is 2.38. The summed E-state index contributed by atoms with van der Waals surface area (Å²) in [4.78, 5) is 0. The van der Waals surface area contributed by atoms with Crippen molar-refractivity contribution >= 4 is 9.52 Å². The molecule has 2 radical (unpaired) electrons. The summed E-state index contributed by atoms with van der Waals surface area (Å²) in [6, 6.07) is 1.44. The molecular weight excluding hydrogens is 148 g/mol. The second kappa shape index (κ2) is 4.97. The second-order valence-electron chi connectivity index (χ2n) is 4.40. The summed E-state index contributed by atoms with van der Waals surface area (Å²) in [6.07, 6.45) is 2.77. The van der Waals surface area contributed by atoms with E-state index in [1.807, 2.05) is 0 Å². The zero-order valence-electron chi connectivity index (χ0n) is 8.70. The molecule has 0 fully saturated rings. The van der Waals surface area contributed by atoms with Crippen molar-refractivity contribution in [1.82, 2.24) is 0 Å². The van der Waals surface area contributed by atoms with Crippen LogP contribution in [0.4, 0.5) is 0 Å². The van der Waals surface area contributed by atoms with Gasteiger partial charge >= 0.3 is 0 Å². The van der Waals surface area contributed by atoms with E-state index in [9.17, 15) is 0 Å². The molecule has 0 bridgehead atoms. The minimum absolute atomic E-state index is 0.520. The van der Waals surface area contributed by atoms with Gasteiger partial charge in [0, 0.05) is 9.52 Å². The fraction of sp³-hybridized carbons (Fsp3) is 1.00. The highest BCUT2D eigenvalue weighted by Crippen LogP contribution is 2.30. The van der Waals surface area contributed by atoms with E-state index >= 15 is 0 Å². The second-order valence-corrected chi connectivity index (χ2v) is 6.17. The van der Waals surface area contributed by atoms with E-state index in [4.69, 9.17) is 0 Å². The maximum absolute atomic E-state index is 2.38. The maximum Gasteiger partial charge on any atom is 0.0415 e. The van der Waals surface area contributed by atoms with Gasteiger partial charge in [0.1, 0.15) is 0 Å². The first kappa shape index (κ1) is 11.2. The number of hydrogen-bond donors (Lipinski definition) is 0. The van der Waals surface area contributed by atoms with E-state index in [1.54, 1.807) is 0 Å². The minimum atomic E-state index is 0.520. The molecule has 1 unspecified atom stereocenters. The highest BCUT2D eigenvalue weighted by molar-refractivity contribution is 6.37. The Kier molecular flexibility index (Phi) is 5.07. The van der Waals surface area contributed by atoms with Crippen molar-refractivity contribution in [2.45, 2.75) is 59.0 Å². The topological polar surface area (TPSA) is 0 Å². The van der Waals surface area contributed by atoms with Crippen LogP contribution in [0.5, 0.6) is 0 Å². The molecule has 0 aromatic carbocycles. The Hall–Kier alpha value is 0.217. The van der Waals surface area contributed by atoms with E-state index in [0.717, 1.165) is 15.1 Å². The standard InChI is InChI=1S/C10H22Si/c1-6-7-8-11-9(2)10(3,4)5/h9H,6-8H2,1-5H3. The molecule has 0 saturated carbocycles. The molecule has 1 heteroatoms. The molecule has 1 atom stereocenters. The van der Waals surface area contributed by atoms with Crippen LogP contribution in [-0.4, -0.2) is 9.52 Å². The fourth-order valence-electron chi connectivity index (χ4n) is 0.802. The highest BCUT2D eigenvalue weighted by Gasteiger charge is 2.19. The lowest BCUT2D eigenvalue weighted by molar-refractivity contribution is 0.394. The lowest BCUT2D eigenvalue weighted by atomic mass is 9.93. The molecule has 0 aliphatic rings. The lowest BCUT2D eigenvalue weighted by Crippen LogP contribution is -2.17. The fourth-order valence-corrected chi connectivity index (χ4v) is 2.40. The van der Waals surface area contributed by atoms with Gasteiger partial charge < -0.3 is 0 Å². The third-order valence-corrected chi connectivity index (χ3v) is 4.40. The molecule has 0 nitrogen and oxygen atoms in total. The van der Waals surface area contributed by atoms with E-state index in [0.29, 0.717) is 5.41 Å². The molecule has 0 heterocycles. The van der Waals surface area contributed by atoms with Crippen LogP contribution in [0.1, 0.15) is 47.5 Å². The molecule has 0 saturated heterocycles. The van der Waals surface area contributed by atoms with Crippen molar-refractivity contribution in [3.8, 4) is 0 Å². The Bertz CT molecular complexity index is 91.5. The SMILES string of the molecule is CCCC[Si]C(C)C(C)(C)C. The van der Waals surface area contributed by atoms with Crippen molar-refractivity contribution in [1.29, 1.82) is 0 Å². The summed E-state index contributed by atoms with van der Waals surface area (Å²) in [5, 5.41) is 0. The van der Waals surface area contributed by atoms with Gasteiger partial charge in [-0.15, -0.1) is 0 Å². The predicted octanol–water partition coefficient (Wildman–Crippen LogP) is 3.76. The van der Waals surface area contributed by atoms with Gasteiger partial charge in [-0.1, -0.05) is 53.5 Å². The first-order chi connectivity index (χ1) is 4.98. The first-order valence-electron chi connectivity index (χ1n) is 4.72. The molecule has 0 aromatic rings. The molecule has 0 aliphatic carbocycles. The van der Waals surface area contributed by atoms with Crippen molar-refractivity contribution in [2.24, 2.45) is 5.41 Å². The van der Waals surface area contributed by atoms with Gasteiger partial charge in [-0.2, -0.15) is 0 Å². The normalized spacial score (nSPS) is 15.0. The molecular formula is C10H22Si. The molecule has 66 valence electrons. The Morgan fingerprint density at radius 2 is 1.82 bits per heavy atom. The van der Waals surface area contributed by atoms with Crippen LogP contribution < -0.4 is 0 Å². The van der Waals surface area contributed by atoms with Gasteiger partial charge in [-0.3, -0.25) is 0 Å². The van der Waals surface area contributed by atoms with Gasteiger partial charge in [0.05, 0.1) is 0 Å². The van der Waals surface area contributed by atoms with Gasteiger partial charge in [0.15, 0.2) is 0 Å². The van der Waals surface area contributed by atoms with Gasteiger partial charge in [-0.25, -0.2) is 0 Å². The Labute approximate surface area is 74.6 Å². The zero-order valence-corrected chi connectivity index (χ0v) is 9.70. The van der Waals surface area contributed by atoms with Crippen molar-refractivity contribution in [3.05, 3.63) is 0 Å². The Balaban J connectivity index is 3.44. The van der Waals surface area contributed by atoms with E-state index in [-0.39, 0.29) is 0 Å². The van der Waals surface area contributed by atoms with Crippen molar-refractivity contribution < 1.29 is 0 Å². The van der Waals surface area contributed by atoms with Gasteiger partial charge in [-0.05, 0) is 11.0 Å². The zero-order chi connectivity index (χ0) is 8.91. The highest BCUT2D eigenvalue weighted by atomic mass is 28.2. The van der Waals surface area contributed by atoms with Gasteiger partial charge in [0.25, 0.3) is 0 Å². The largest absolute Gasteiger partial charge is 0.0654 e. The summed E-state index contributed by atoms with van der Waals surface area (Å²) in [6.45, 7) is 11.7. The van der Waals surface area contributed by atoms with Crippen LogP contribution in [0.25, 0.3) is 0 Å². The molecule has 0 aliphatic heterocycles. The van der Waals surface area contributed by atoms with Crippen LogP contribution in [0.2, 0.25) is 11.6 Å².